The van der Waals surface area contributed by atoms with Gasteiger partial charge in [0.15, 0.2) is 0 Å². The van der Waals surface area contributed by atoms with Crippen LogP contribution >= 0.6 is 0 Å². The predicted molar refractivity (Wildman–Crippen MR) is 57.7 cm³/mol. The average molecular weight is 224 g/mol. The minimum Gasteiger partial charge on any atom is -0.487 e. The molecule has 2 N–H and O–H groups in total. The maximum atomic E-state index is 12.0. The molecule has 0 aliphatic rings. The van der Waals surface area contributed by atoms with Crippen molar-refractivity contribution in [1.29, 1.82) is 0 Å². The van der Waals surface area contributed by atoms with Gasteiger partial charge >= 0.3 is 0 Å². The maximum absolute atomic E-state index is 12.0. The third-order valence-corrected chi connectivity index (χ3v) is 2.13. The highest BCUT2D eigenvalue weighted by molar-refractivity contribution is 5.93. The largest absolute Gasteiger partial charge is 0.487 e. The molecule has 0 radical (unpaired) electrons. The van der Waals surface area contributed by atoms with Crippen LogP contribution < -0.4 is 10.5 Å². The van der Waals surface area contributed by atoms with Crippen molar-refractivity contribution in [3.63, 3.8) is 0 Å². The molecule has 16 heavy (non-hydrogen) atoms. The summed E-state index contributed by atoms with van der Waals surface area (Å²) in [7, 11) is 0. The van der Waals surface area contributed by atoms with Gasteiger partial charge in [-0.15, -0.1) is 0 Å². The highest BCUT2D eigenvalue weighted by Crippen LogP contribution is 2.27. The van der Waals surface area contributed by atoms with E-state index in [1.54, 1.807) is 24.3 Å². The van der Waals surface area contributed by atoms with Gasteiger partial charge in [0.05, 0.1) is 11.2 Å². The van der Waals surface area contributed by atoms with Crippen LogP contribution in [0, 0.1) is 0 Å². The Kier molecular flexibility index (Phi) is 2.85. The number of nitrogens with two attached hydrogens (primary N) is 1. The summed E-state index contributed by atoms with van der Waals surface area (Å²) in [6.45, 7) is -0.631. The van der Waals surface area contributed by atoms with Crippen LogP contribution in [-0.4, -0.2) is 18.0 Å². The van der Waals surface area contributed by atoms with Crippen molar-refractivity contribution < 1.29 is 13.5 Å². The van der Waals surface area contributed by atoms with Crippen LogP contribution in [0.5, 0.6) is 5.75 Å². The highest BCUT2D eigenvalue weighted by Gasteiger charge is 2.08. The van der Waals surface area contributed by atoms with Gasteiger partial charge < -0.3 is 10.5 Å². The third-order valence-electron chi connectivity index (χ3n) is 2.13. The number of ether oxygens (including phenoxy) is 1. The molecule has 2 aromatic rings. The summed E-state index contributed by atoms with van der Waals surface area (Å²) in [6.07, 6.45) is -1.01. The summed E-state index contributed by atoms with van der Waals surface area (Å²) in [5.74, 6) is 0.373. The lowest BCUT2D eigenvalue weighted by Crippen LogP contribution is -2.07. The van der Waals surface area contributed by atoms with Crippen LogP contribution in [0.15, 0.2) is 30.5 Å². The van der Waals surface area contributed by atoms with E-state index in [9.17, 15) is 8.78 Å². The lowest BCUT2D eigenvalue weighted by molar-refractivity contribution is 0.0826. The Hall–Kier alpha value is -1.91. The van der Waals surface area contributed by atoms with Crippen LogP contribution in [0.25, 0.3) is 10.9 Å². The molecule has 0 unspecified atom stereocenters. The van der Waals surface area contributed by atoms with E-state index < -0.39 is 13.0 Å². The normalized spacial score (nSPS) is 10.9. The van der Waals surface area contributed by atoms with E-state index in [4.69, 9.17) is 10.5 Å². The Morgan fingerprint density at radius 2 is 2.12 bits per heavy atom. The van der Waals surface area contributed by atoms with Crippen molar-refractivity contribution in [3.8, 4) is 5.75 Å². The first kappa shape index (κ1) is 10.6. The van der Waals surface area contributed by atoms with E-state index >= 15 is 0 Å². The second-order valence-electron chi connectivity index (χ2n) is 3.25. The number of aromatic nitrogens is 1. The topological polar surface area (TPSA) is 48.1 Å². The minimum absolute atomic E-state index is 0.373. The summed E-state index contributed by atoms with van der Waals surface area (Å²) in [5, 5.41) is 0.642. The van der Waals surface area contributed by atoms with Gasteiger partial charge in [-0.2, -0.15) is 0 Å². The lowest BCUT2D eigenvalue weighted by atomic mass is 10.2. The van der Waals surface area contributed by atoms with Crippen molar-refractivity contribution in [3.05, 3.63) is 30.5 Å². The van der Waals surface area contributed by atoms with Crippen molar-refractivity contribution in [2.75, 3.05) is 12.3 Å². The van der Waals surface area contributed by atoms with Gasteiger partial charge in [0.1, 0.15) is 12.4 Å². The van der Waals surface area contributed by atoms with E-state index in [2.05, 4.69) is 4.98 Å². The molecule has 1 aromatic carbocycles. The fourth-order valence-corrected chi connectivity index (χ4v) is 1.45. The Labute approximate surface area is 90.8 Å². The van der Waals surface area contributed by atoms with Gasteiger partial charge in [-0.1, -0.05) is 6.07 Å². The number of rotatable bonds is 3. The number of hydrogen-bond donors (Lipinski definition) is 1. The summed E-state index contributed by atoms with van der Waals surface area (Å²) in [4.78, 5) is 4.08. The number of para-hydroxylation sites is 1. The number of halogens is 2. The molecule has 3 nitrogen and oxygen atoms in total. The molecule has 84 valence electrons. The predicted octanol–water partition coefficient (Wildman–Crippen LogP) is 2.46. The number of hydrogen-bond acceptors (Lipinski definition) is 3. The van der Waals surface area contributed by atoms with Gasteiger partial charge in [0, 0.05) is 11.6 Å². The number of pyridine rings is 1. The molecular weight excluding hydrogens is 214 g/mol. The number of nitrogen functional groups attached to an aromatic ring is 1. The zero-order valence-electron chi connectivity index (χ0n) is 8.36. The number of anilines is 1. The van der Waals surface area contributed by atoms with E-state index in [-0.39, 0.29) is 0 Å². The zero-order valence-corrected chi connectivity index (χ0v) is 8.36. The quantitative estimate of drug-likeness (QED) is 0.814. The zero-order chi connectivity index (χ0) is 11.5. The summed E-state index contributed by atoms with van der Waals surface area (Å²) in [6, 6.07) is 6.71. The molecule has 0 aliphatic heterocycles. The molecule has 0 fully saturated rings. The first-order chi connectivity index (χ1) is 7.68. The Morgan fingerprint density at radius 1 is 1.31 bits per heavy atom. The van der Waals surface area contributed by atoms with Crippen molar-refractivity contribution in [2.45, 2.75) is 6.43 Å². The molecule has 0 bridgehead atoms. The molecular formula is C11H10F2N2O. The van der Waals surface area contributed by atoms with Crippen LogP contribution in [0.3, 0.4) is 0 Å². The molecule has 0 saturated heterocycles. The summed E-state index contributed by atoms with van der Waals surface area (Å²) < 4.78 is 29.1. The number of benzene rings is 1. The van der Waals surface area contributed by atoms with Crippen LogP contribution in [0.2, 0.25) is 0 Å². The van der Waals surface area contributed by atoms with Gasteiger partial charge in [0.2, 0.25) is 0 Å². The molecule has 5 heteroatoms. The van der Waals surface area contributed by atoms with Crippen LogP contribution in [0.1, 0.15) is 0 Å². The molecule has 0 amide bonds. The minimum atomic E-state index is -2.50. The average Bonchev–Trinajstić information content (AvgIpc) is 2.27. The van der Waals surface area contributed by atoms with E-state index in [1.807, 2.05) is 0 Å². The fourth-order valence-electron chi connectivity index (χ4n) is 1.45. The number of alkyl halides is 2. The van der Waals surface area contributed by atoms with Gasteiger partial charge in [0.25, 0.3) is 6.43 Å². The maximum Gasteiger partial charge on any atom is 0.272 e. The Balaban J connectivity index is 2.42. The molecule has 0 spiro atoms. The third kappa shape index (κ3) is 2.03. The molecule has 1 aromatic heterocycles. The highest BCUT2D eigenvalue weighted by atomic mass is 19.3. The first-order valence-corrected chi connectivity index (χ1v) is 4.72. The summed E-state index contributed by atoms with van der Waals surface area (Å²) >= 11 is 0. The second-order valence-corrected chi connectivity index (χ2v) is 3.25. The van der Waals surface area contributed by atoms with Gasteiger partial charge in [-0.05, 0) is 18.2 Å². The van der Waals surface area contributed by atoms with Crippen LogP contribution in [0.4, 0.5) is 14.5 Å². The van der Waals surface area contributed by atoms with E-state index in [0.29, 0.717) is 22.3 Å². The molecule has 0 atom stereocenters. The van der Waals surface area contributed by atoms with Crippen LogP contribution in [-0.2, 0) is 0 Å². The lowest BCUT2D eigenvalue weighted by Gasteiger charge is -2.09. The van der Waals surface area contributed by atoms with Crippen molar-refractivity contribution in [2.24, 2.45) is 0 Å². The van der Waals surface area contributed by atoms with E-state index in [1.165, 1.54) is 6.20 Å². The first-order valence-electron chi connectivity index (χ1n) is 4.72. The fraction of sp³-hybridized carbons (Fsp3) is 0.182. The van der Waals surface area contributed by atoms with Gasteiger partial charge in [-0.3, -0.25) is 4.98 Å². The van der Waals surface area contributed by atoms with E-state index in [0.717, 1.165) is 0 Å². The molecule has 1 heterocycles. The van der Waals surface area contributed by atoms with Crippen molar-refractivity contribution >= 4 is 16.6 Å². The smallest absolute Gasteiger partial charge is 0.272 e. The Bertz CT molecular complexity index is 502. The number of nitrogens with zero attached hydrogens (tertiary/aromatic N) is 1. The molecule has 0 aliphatic carbocycles. The summed E-state index contributed by atoms with van der Waals surface area (Å²) in [5.41, 5.74) is 6.78. The second kappa shape index (κ2) is 4.30. The standard InChI is InChI=1S/C11H10F2N2O/c12-10(13)6-16-9-4-5-15-11-7(9)2-1-3-8(11)14/h1-5,10H,6,14H2. The Morgan fingerprint density at radius 3 is 2.88 bits per heavy atom. The molecule has 2 rings (SSSR count). The van der Waals surface area contributed by atoms with Gasteiger partial charge in [-0.25, -0.2) is 8.78 Å². The SMILES string of the molecule is Nc1cccc2c(OCC(F)F)ccnc12. The van der Waals surface area contributed by atoms with Crippen molar-refractivity contribution in [1.82, 2.24) is 4.98 Å². The molecule has 0 saturated carbocycles. The number of fused-ring (bicyclic) bond motifs is 1. The monoisotopic (exact) mass is 224 g/mol.